The lowest BCUT2D eigenvalue weighted by molar-refractivity contribution is -0.146. The first kappa shape index (κ1) is 34.0. The number of aliphatic carboxylic acids is 2. The van der Waals surface area contributed by atoms with Crippen molar-refractivity contribution in [2.75, 3.05) is 27.4 Å². The van der Waals surface area contributed by atoms with Crippen LogP contribution in [0.1, 0.15) is 59.7 Å². The lowest BCUT2D eigenvalue weighted by Crippen LogP contribution is -2.26. The number of ether oxygens (including phenoxy) is 4. The Morgan fingerprint density at radius 3 is 2.09 bits per heavy atom. The van der Waals surface area contributed by atoms with E-state index in [1.54, 1.807) is 0 Å². The summed E-state index contributed by atoms with van der Waals surface area (Å²) in [5.41, 5.74) is -1.60. The van der Waals surface area contributed by atoms with Crippen molar-refractivity contribution in [3.8, 4) is 23.0 Å². The lowest BCUT2D eigenvalue weighted by atomic mass is 9.87. The van der Waals surface area contributed by atoms with Crippen LogP contribution in [0.2, 0.25) is 0 Å². The zero-order valence-corrected chi connectivity index (χ0v) is 26.1. The second-order valence-electron chi connectivity index (χ2n) is 10.8. The highest BCUT2D eigenvalue weighted by Crippen LogP contribution is 2.41. The number of carbonyl (C=O) groups excluding carboxylic acids is 2. The molecule has 2 aromatic carbocycles. The average Bonchev–Trinajstić information content (AvgIpc) is 3.45. The number of nitrogens with zero attached hydrogens (tertiary/aromatic N) is 2. The van der Waals surface area contributed by atoms with Gasteiger partial charge in [0.25, 0.3) is 0 Å². The van der Waals surface area contributed by atoms with Crippen LogP contribution in [-0.2, 0) is 9.59 Å². The van der Waals surface area contributed by atoms with E-state index in [0.29, 0.717) is 4.70 Å². The van der Waals surface area contributed by atoms with Gasteiger partial charge in [-0.1, -0.05) is 0 Å². The number of carboxylic acids is 2. The summed E-state index contributed by atoms with van der Waals surface area (Å²) in [4.78, 5) is 47.4. The van der Waals surface area contributed by atoms with Gasteiger partial charge in [0, 0.05) is 40.8 Å². The number of carbonyl (C=O) groups is 4. The Hall–Kier alpha value is -4.92. The molecule has 2 aromatic heterocycles. The topological polar surface area (TPSA) is 171 Å². The fraction of sp³-hybridized carbons (Fsp3) is 0.355. The molecule has 0 fully saturated rings. The third-order valence-electron chi connectivity index (χ3n) is 6.95. The van der Waals surface area contributed by atoms with Gasteiger partial charge in [-0.15, -0.1) is 21.5 Å². The molecule has 0 aliphatic heterocycles. The number of hydrogen-bond acceptors (Lipinski definition) is 11. The smallest absolute Gasteiger partial charge is 0.309 e. The highest BCUT2D eigenvalue weighted by Gasteiger charge is 2.31. The predicted octanol–water partition coefficient (Wildman–Crippen LogP) is 5.72. The summed E-state index contributed by atoms with van der Waals surface area (Å²) in [6, 6.07) is 5.58. The van der Waals surface area contributed by atoms with Crippen molar-refractivity contribution in [3.63, 3.8) is 0 Å². The van der Waals surface area contributed by atoms with E-state index in [1.165, 1.54) is 52.3 Å². The molecule has 0 unspecified atom stereocenters. The number of ketones is 2. The summed E-state index contributed by atoms with van der Waals surface area (Å²) in [6.07, 6.45) is -0.766. The second-order valence-corrected chi connectivity index (χ2v) is 11.9. The van der Waals surface area contributed by atoms with Crippen LogP contribution in [0.15, 0.2) is 24.3 Å². The molecule has 2 N–H and O–H groups in total. The van der Waals surface area contributed by atoms with Gasteiger partial charge in [0.2, 0.25) is 0 Å². The third-order valence-corrected chi connectivity index (χ3v) is 8.08. The van der Waals surface area contributed by atoms with Crippen LogP contribution in [0.5, 0.6) is 23.0 Å². The van der Waals surface area contributed by atoms with E-state index in [4.69, 9.17) is 24.1 Å². The van der Waals surface area contributed by atoms with Crippen molar-refractivity contribution in [1.82, 2.24) is 10.2 Å². The van der Waals surface area contributed by atoms with Crippen LogP contribution in [0, 0.1) is 17.0 Å². The van der Waals surface area contributed by atoms with E-state index >= 15 is 8.78 Å². The van der Waals surface area contributed by atoms with Crippen LogP contribution in [0.3, 0.4) is 0 Å². The van der Waals surface area contributed by atoms with Crippen molar-refractivity contribution in [3.05, 3.63) is 46.5 Å². The molecular weight excluding hydrogens is 630 g/mol. The first-order valence-corrected chi connectivity index (χ1v) is 14.7. The van der Waals surface area contributed by atoms with Gasteiger partial charge in [-0.3, -0.25) is 19.2 Å². The fourth-order valence-corrected chi connectivity index (χ4v) is 5.40. The van der Waals surface area contributed by atoms with Gasteiger partial charge in [0.05, 0.1) is 44.1 Å². The normalized spacial score (nSPS) is 11.4. The van der Waals surface area contributed by atoms with Gasteiger partial charge in [0.15, 0.2) is 46.2 Å². The molecule has 0 radical (unpaired) electrons. The zero-order chi connectivity index (χ0) is 33.8. The first-order valence-electron chi connectivity index (χ1n) is 13.9. The quantitative estimate of drug-likeness (QED) is 0.111. The summed E-state index contributed by atoms with van der Waals surface area (Å²) < 4.78 is 53.1. The van der Waals surface area contributed by atoms with E-state index in [2.05, 4.69) is 10.2 Å². The van der Waals surface area contributed by atoms with E-state index < -0.39 is 40.6 Å². The molecule has 2 heterocycles. The molecule has 15 heteroatoms. The van der Waals surface area contributed by atoms with Gasteiger partial charge in [-0.2, -0.15) is 0 Å². The molecule has 0 atom stereocenters. The monoisotopic (exact) mass is 660 g/mol. The number of halogens is 2. The Balaban J connectivity index is 1.44. The zero-order valence-electron chi connectivity index (χ0n) is 25.3. The number of thiophene rings is 1. The maximum Gasteiger partial charge on any atom is 0.309 e. The van der Waals surface area contributed by atoms with Crippen molar-refractivity contribution in [2.24, 2.45) is 5.41 Å². The Morgan fingerprint density at radius 1 is 0.848 bits per heavy atom. The van der Waals surface area contributed by atoms with Crippen molar-refractivity contribution in [1.29, 1.82) is 0 Å². The molecule has 4 rings (SSSR count). The standard InChI is InChI=1S/C31H30F2N2O10S/c1-31(2,30(40)41)14-19(37)23-12-16-22(46-23)13-21(43-4)28(25(16)32)44-8-5-9-45-29-20(42-3)11-15-10-17(18(36)6-7-24(38)39)34-35-27(15)26(29)33/h10-13H,5-9,14H2,1-4H3,(H,38,39)(H,40,41). The molecule has 4 aromatic rings. The Kier molecular flexibility index (Phi) is 10.4. The van der Waals surface area contributed by atoms with E-state index in [-0.39, 0.29) is 88.8 Å². The van der Waals surface area contributed by atoms with E-state index in [0.717, 1.165) is 11.3 Å². The summed E-state index contributed by atoms with van der Waals surface area (Å²) >= 11 is 1.02. The van der Waals surface area contributed by atoms with Crippen LogP contribution < -0.4 is 18.9 Å². The molecule has 0 saturated carbocycles. The summed E-state index contributed by atoms with van der Waals surface area (Å²) in [7, 11) is 2.63. The van der Waals surface area contributed by atoms with Gasteiger partial charge in [0.1, 0.15) is 11.2 Å². The SMILES string of the molecule is COc1cc2sc(C(=O)CC(C)(C)C(=O)O)cc2c(F)c1OCCCOc1c(OC)cc2cc(C(=O)CCC(=O)O)nnc2c1F. The van der Waals surface area contributed by atoms with Gasteiger partial charge < -0.3 is 29.2 Å². The lowest BCUT2D eigenvalue weighted by Gasteiger charge is -2.16. The molecule has 0 spiro atoms. The van der Waals surface area contributed by atoms with Crippen molar-refractivity contribution in [2.45, 2.75) is 39.5 Å². The number of Topliss-reactive ketones (excluding diaryl/α,β-unsaturated/α-hetero) is 2. The van der Waals surface area contributed by atoms with Crippen LogP contribution in [0.4, 0.5) is 8.78 Å². The molecule has 0 amide bonds. The highest BCUT2D eigenvalue weighted by atomic mass is 32.1. The maximum absolute atomic E-state index is 15.5. The highest BCUT2D eigenvalue weighted by molar-refractivity contribution is 7.20. The molecule has 12 nitrogen and oxygen atoms in total. The number of carboxylic acid groups (broad SMARTS) is 2. The molecular formula is C31H30F2N2O10S. The minimum absolute atomic E-state index is 0.00979. The van der Waals surface area contributed by atoms with E-state index in [1.807, 2.05) is 0 Å². The number of rotatable bonds is 16. The first-order chi connectivity index (χ1) is 21.8. The van der Waals surface area contributed by atoms with Crippen LogP contribution >= 0.6 is 11.3 Å². The average molecular weight is 661 g/mol. The molecule has 0 bridgehead atoms. The maximum atomic E-state index is 15.5. The minimum Gasteiger partial charge on any atom is -0.493 e. The van der Waals surface area contributed by atoms with Gasteiger partial charge >= 0.3 is 11.9 Å². The van der Waals surface area contributed by atoms with Gasteiger partial charge in [-0.05, 0) is 32.0 Å². The summed E-state index contributed by atoms with van der Waals surface area (Å²) in [6.45, 7) is 2.72. The van der Waals surface area contributed by atoms with Crippen LogP contribution in [-0.4, -0.2) is 71.3 Å². The minimum atomic E-state index is -1.29. The van der Waals surface area contributed by atoms with Crippen molar-refractivity contribution < 1.29 is 57.1 Å². The molecule has 0 saturated heterocycles. The Morgan fingerprint density at radius 2 is 1.48 bits per heavy atom. The van der Waals surface area contributed by atoms with E-state index in [9.17, 15) is 24.3 Å². The third kappa shape index (κ3) is 7.30. The number of benzene rings is 2. The predicted molar refractivity (Wildman–Crippen MR) is 162 cm³/mol. The number of hydrogen-bond donors (Lipinski definition) is 2. The van der Waals surface area contributed by atoms with Crippen molar-refractivity contribution >= 4 is 55.8 Å². The summed E-state index contributed by atoms with van der Waals surface area (Å²) in [5.74, 6) is -5.27. The van der Waals surface area contributed by atoms with Gasteiger partial charge in [-0.25, -0.2) is 8.78 Å². The largest absolute Gasteiger partial charge is 0.493 e. The molecule has 0 aliphatic carbocycles. The Labute approximate surface area is 264 Å². The Bertz CT molecular complexity index is 1840. The summed E-state index contributed by atoms with van der Waals surface area (Å²) in [5, 5.41) is 26.0. The second kappa shape index (κ2) is 14.0. The number of methoxy groups -OCH3 is 2. The van der Waals surface area contributed by atoms with Crippen LogP contribution in [0.25, 0.3) is 21.0 Å². The fourth-order valence-electron chi connectivity index (χ4n) is 4.37. The molecule has 0 aliphatic rings. The molecule has 46 heavy (non-hydrogen) atoms. The molecule has 244 valence electrons. The number of fused-ring (bicyclic) bond motifs is 2. The number of aromatic nitrogens is 2.